The van der Waals surface area contributed by atoms with E-state index < -0.39 is 43.5 Å². The van der Waals surface area contributed by atoms with E-state index in [1.165, 1.54) is 23.6 Å². The molecule has 1 aromatic heterocycles. The van der Waals surface area contributed by atoms with Gasteiger partial charge in [-0.05, 0) is 42.7 Å². The number of aryl methyl sites for hydroxylation is 1. The number of thioether (sulfide) groups is 1. The summed E-state index contributed by atoms with van der Waals surface area (Å²) in [5, 5.41) is 55.6. The summed E-state index contributed by atoms with van der Waals surface area (Å²) in [5.74, 6) is 1.02. The number of ether oxygens (including phenoxy) is 1. The summed E-state index contributed by atoms with van der Waals surface area (Å²) in [5.41, 5.74) is 3.45. The molecule has 2 aromatic carbocycles. The van der Waals surface area contributed by atoms with Crippen molar-refractivity contribution in [1.82, 2.24) is 20.0 Å². The van der Waals surface area contributed by atoms with Crippen molar-refractivity contribution in [2.45, 2.75) is 62.5 Å². The molecule has 1 saturated heterocycles. The monoisotopic (exact) mass is 764 g/mol. The number of para-hydroxylation sites is 2. The zero-order valence-electron chi connectivity index (χ0n) is 27.9. The third kappa shape index (κ3) is 8.42. The molecule has 1 saturated carbocycles. The van der Waals surface area contributed by atoms with E-state index in [1.54, 1.807) is 30.9 Å². The van der Waals surface area contributed by atoms with Crippen molar-refractivity contribution in [3.63, 3.8) is 0 Å². The van der Waals surface area contributed by atoms with Crippen molar-refractivity contribution in [3.05, 3.63) is 69.3 Å². The minimum absolute atomic E-state index is 0.0162. The van der Waals surface area contributed by atoms with Crippen molar-refractivity contribution in [3.8, 4) is 5.88 Å². The van der Waals surface area contributed by atoms with Gasteiger partial charge in [0.05, 0.1) is 30.1 Å². The first-order valence-electron chi connectivity index (χ1n) is 16.7. The molecular weight excluding hydrogens is 723 g/mol. The summed E-state index contributed by atoms with van der Waals surface area (Å²) in [6.45, 7) is 0.665. The summed E-state index contributed by atoms with van der Waals surface area (Å²) in [4.78, 5) is 33.2. The lowest BCUT2D eigenvalue weighted by Crippen LogP contribution is -2.52. The van der Waals surface area contributed by atoms with Crippen LogP contribution in [0.3, 0.4) is 0 Å². The Labute approximate surface area is 309 Å². The first-order chi connectivity index (χ1) is 24.5. The first-order valence-corrected chi connectivity index (χ1v) is 18.6. The van der Waals surface area contributed by atoms with Gasteiger partial charge in [-0.2, -0.15) is 5.10 Å². The molecule has 2 amide bonds. The third-order valence-corrected chi connectivity index (χ3v) is 11.2. The number of halogens is 2. The van der Waals surface area contributed by atoms with Crippen molar-refractivity contribution in [2.24, 2.45) is 7.05 Å². The average molecular weight is 766 g/mol. The summed E-state index contributed by atoms with van der Waals surface area (Å²) >= 11 is 15.2. The fourth-order valence-electron chi connectivity index (χ4n) is 6.32. The average Bonchev–Trinajstić information content (AvgIpc) is 3.76. The predicted molar refractivity (Wildman–Crippen MR) is 193 cm³/mol. The van der Waals surface area contributed by atoms with Crippen molar-refractivity contribution in [1.29, 1.82) is 0 Å². The Morgan fingerprint density at radius 3 is 2.41 bits per heavy atom. The Kier molecular flexibility index (Phi) is 12.0. The number of carbonyl (C=O) groups excluding carboxylic acids is 2. The number of hydrogen-bond acceptors (Lipinski definition) is 12. The molecule has 6 N–H and O–H groups in total. The number of hydrogen-bond donors (Lipinski definition) is 6. The molecule has 51 heavy (non-hydrogen) atoms. The molecule has 6 rings (SSSR count). The lowest BCUT2D eigenvalue weighted by molar-refractivity contribution is -0.122. The van der Waals surface area contributed by atoms with Crippen LogP contribution in [0.1, 0.15) is 34.5 Å². The zero-order valence-corrected chi connectivity index (χ0v) is 30.3. The topological polar surface area (TPSA) is 184 Å². The third-order valence-electron chi connectivity index (χ3n) is 9.39. The van der Waals surface area contributed by atoms with Gasteiger partial charge in [0.2, 0.25) is 11.8 Å². The number of aromatic nitrogens is 2. The van der Waals surface area contributed by atoms with E-state index in [0.29, 0.717) is 46.4 Å². The molecular formula is C34H42Cl2N6O8S. The lowest BCUT2D eigenvalue weighted by atomic mass is 10.0. The molecule has 3 heterocycles. The van der Waals surface area contributed by atoms with E-state index in [1.807, 2.05) is 23.1 Å². The van der Waals surface area contributed by atoms with E-state index in [2.05, 4.69) is 26.3 Å². The van der Waals surface area contributed by atoms with Crippen LogP contribution in [0.25, 0.3) is 0 Å². The molecule has 3 aliphatic rings. The van der Waals surface area contributed by atoms with Crippen LogP contribution in [0.4, 0.5) is 11.4 Å². The number of benzene rings is 2. The fraction of sp³-hybridized carbons (Fsp3) is 0.500. The zero-order chi connectivity index (χ0) is 36.4. The van der Waals surface area contributed by atoms with Crippen LogP contribution < -0.4 is 19.9 Å². The molecule has 0 unspecified atom stereocenters. The fourth-order valence-corrected chi connectivity index (χ4v) is 7.99. The largest absolute Gasteiger partial charge is 0.473 e. The van der Waals surface area contributed by atoms with Crippen LogP contribution in [0.5, 0.6) is 5.88 Å². The van der Waals surface area contributed by atoms with Crippen LogP contribution >= 0.6 is 35.0 Å². The predicted octanol–water partition coefficient (Wildman–Crippen LogP) is 1.36. The molecule has 0 radical (unpaired) electrons. The highest BCUT2D eigenvalue weighted by atomic mass is 35.5. The maximum absolute atomic E-state index is 14.0. The molecule has 276 valence electrons. The van der Waals surface area contributed by atoms with Crippen molar-refractivity contribution < 1.29 is 39.9 Å². The molecule has 0 bridgehead atoms. The Morgan fingerprint density at radius 2 is 1.69 bits per heavy atom. The van der Waals surface area contributed by atoms with Gasteiger partial charge < -0.3 is 45.4 Å². The first kappa shape index (κ1) is 37.6. The van der Waals surface area contributed by atoms with Gasteiger partial charge in [0.25, 0.3) is 5.91 Å². The Hall–Kier alpha value is -3.12. The van der Waals surface area contributed by atoms with E-state index in [0.717, 1.165) is 23.5 Å². The van der Waals surface area contributed by atoms with E-state index >= 15 is 0 Å². The maximum Gasteiger partial charge on any atom is 0.272 e. The number of anilines is 2. The summed E-state index contributed by atoms with van der Waals surface area (Å²) in [7, 11) is 1.58. The van der Waals surface area contributed by atoms with Gasteiger partial charge in [-0.1, -0.05) is 35.3 Å². The van der Waals surface area contributed by atoms with Gasteiger partial charge in [-0.3, -0.25) is 14.5 Å². The van der Waals surface area contributed by atoms with Crippen molar-refractivity contribution in [2.75, 3.05) is 47.7 Å². The van der Waals surface area contributed by atoms with E-state index in [4.69, 9.17) is 33.0 Å². The highest BCUT2D eigenvalue weighted by Crippen LogP contribution is 2.41. The van der Waals surface area contributed by atoms with Gasteiger partial charge >= 0.3 is 0 Å². The van der Waals surface area contributed by atoms with Crippen LogP contribution in [0, 0.1) is 0 Å². The quantitative estimate of drug-likeness (QED) is 0.139. The van der Waals surface area contributed by atoms with Crippen molar-refractivity contribution >= 4 is 58.2 Å². The van der Waals surface area contributed by atoms with E-state index in [-0.39, 0.29) is 30.1 Å². The molecule has 1 aliphatic carbocycles. The normalized spacial score (nSPS) is 20.1. The van der Waals surface area contributed by atoms with Gasteiger partial charge in [-0.25, -0.2) is 4.68 Å². The summed E-state index contributed by atoms with van der Waals surface area (Å²) < 4.78 is 7.25. The molecule has 2 fully saturated rings. The SMILES string of the molecule is Cn1nc(C(=O)NC[C@H](O)[C@@H](O)[C@H](O)[C@H](O)CO)cc1OCc1cc(Cl)c(CN2CSC[C@H]2C(=O)N2CCN(C3CC3)c3ccccc32)cc1Cl. The van der Waals surface area contributed by atoms with E-state index in [9.17, 15) is 30.0 Å². The second-order valence-electron chi connectivity index (χ2n) is 13.0. The molecule has 2 aliphatic heterocycles. The maximum atomic E-state index is 14.0. The minimum atomic E-state index is -1.81. The second-order valence-corrected chi connectivity index (χ2v) is 14.8. The Bertz CT molecular complexity index is 1730. The summed E-state index contributed by atoms with van der Waals surface area (Å²) in [6.07, 6.45) is -4.51. The van der Waals surface area contributed by atoms with Gasteiger partial charge in [0.15, 0.2) is 5.69 Å². The smallest absolute Gasteiger partial charge is 0.272 e. The molecule has 3 aromatic rings. The number of carbonyl (C=O) groups is 2. The number of fused-ring (bicyclic) bond motifs is 1. The van der Waals surface area contributed by atoms with Crippen LogP contribution in [-0.2, 0) is 25.0 Å². The Balaban J connectivity index is 1.05. The minimum Gasteiger partial charge on any atom is -0.473 e. The van der Waals surface area contributed by atoms with Crippen LogP contribution in [0.15, 0.2) is 42.5 Å². The van der Waals surface area contributed by atoms with Crippen LogP contribution in [-0.4, -0.2) is 126 Å². The highest BCUT2D eigenvalue weighted by Gasteiger charge is 2.40. The second kappa shape index (κ2) is 16.3. The molecule has 14 nitrogen and oxygen atoms in total. The summed E-state index contributed by atoms with van der Waals surface area (Å²) in [6, 6.07) is 13.3. The molecule has 0 spiro atoms. The Morgan fingerprint density at radius 1 is 1.00 bits per heavy atom. The number of rotatable bonds is 14. The van der Waals surface area contributed by atoms with Gasteiger partial charge in [0.1, 0.15) is 24.9 Å². The lowest BCUT2D eigenvalue weighted by Gasteiger charge is -2.39. The van der Waals surface area contributed by atoms with Gasteiger partial charge in [0, 0.05) is 72.6 Å². The number of aliphatic hydroxyl groups is 5. The standard InChI is InChI=1S/C34H42Cl2N6O8S/c1-39-30(12-24(38-39)33(48)37-13-28(44)31(46)32(47)29(45)15-43)50-16-20-11-22(35)19(10-23(20)36)14-40-18-51-17-27(40)34(49)42-9-8-41(21-6-7-21)25-4-2-3-5-26(25)42/h2-5,10-12,21,27-29,31-32,43-47H,6-9,13-18H2,1H3,(H,37,48)/t27-,28-,29+,31+,32+/m0/s1. The van der Waals surface area contributed by atoms with Crippen LogP contribution in [0.2, 0.25) is 10.0 Å². The number of aliphatic hydroxyl groups excluding tert-OH is 5. The number of nitrogens with zero attached hydrogens (tertiary/aromatic N) is 5. The molecule has 17 heteroatoms. The number of amides is 2. The molecule has 5 atom stereocenters. The number of nitrogens with one attached hydrogen (secondary N) is 1. The van der Waals surface area contributed by atoms with Gasteiger partial charge in [-0.15, -0.1) is 11.8 Å². The highest BCUT2D eigenvalue weighted by molar-refractivity contribution is 7.99.